The Balaban J connectivity index is 1.64. The molecule has 27 heavy (non-hydrogen) atoms. The van der Waals surface area contributed by atoms with E-state index >= 15 is 0 Å². The number of nitro groups is 1. The maximum Gasteiger partial charge on any atom is 0.361 e. The van der Waals surface area contributed by atoms with Gasteiger partial charge in [0.15, 0.2) is 0 Å². The summed E-state index contributed by atoms with van der Waals surface area (Å²) in [5, 5.41) is 10.7. The summed E-state index contributed by atoms with van der Waals surface area (Å²) in [6, 6.07) is 11.1. The topological polar surface area (TPSA) is 109 Å². The number of ether oxygens (including phenoxy) is 2. The maximum absolute atomic E-state index is 12.6. The highest BCUT2D eigenvalue weighted by Crippen LogP contribution is 2.40. The summed E-state index contributed by atoms with van der Waals surface area (Å²) < 4.78 is 10.6. The van der Waals surface area contributed by atoms with E-state index in [1.807, 2.05) is 12.1 Å². The first-order valence-electron chi connectivity index (χ1n) is 8.15. The van der Waals surface area contributed by atoms with Crippen molar-refractivity contribution in [3.05, 3.63) is 70.0 Å². The van der Waals surface area contributed by atoms with Crippen molar-refractivity contribution in [2.24, 2.45) is 0 Å². The smallest absolute Gasteiger partial charge is 0.361 e. The Hall–Kier alpha value is -2.94. The first-order valence-corrected chi connectivity index (χ1v) is 9.13. The van der Waals surface area contributed by atoms with Crippen molar-refractivity contribution in [3.63, 3.8) is 0 Å². The van der Waals surface area contributed by atoms with Crippen LogP contribution in [0.25, 0.3) is 0 Å². The molecule has 140 valence electrons. The zero-order chi connectivity index (χ0) is 19.3. The fourth-order valence-electron chi connectivity index (χ4n) is 2.50. The lowest BCUT2D eigenvalue weighted by atomic mass is 10.2. The van der Waals surface area contributed by atoms with Crippen LogP contribution in [0.3, 0.4) is 0 Å². The fraction of sp³-hybridized carbons (Fsp3) is 0.278. The minimum Gasteiger partial charge on any atom is -0.457 e. The fourth-order valence-corrected chi connectivity index (χ4v) is 3.63. The molecule has 0 N–H and O–H groups in total. The maximum atomic E-state index is 12.6. The second-order valence-electron chi connectivity index (χ2n) is 5.84. The third-order valence-electron chi connectivity index (χ3n) is 3.94. The van der Waals surface area contributed by atoms with Gasteiger partial charge in [0.05, 0.1) is 17.0 Å². The second-order valence-corrected chi connectivity index (χ2v) is 7.07. The van der Waals surface area contributed by atoms with Crippen LogP contribution in [0, 0.1) is 10.1 Å². The number of non-ortho nitro benzene ring substituents is 1. The van der Waals surface area contributed by atoms with Crippen molar-refractivity contribution >= 4 is 29.4 Å². The summed E-state index contributed by atoms with van der Waals surface area (Å²) >= 11 is 1.17. The van der Waals surface area contributed by atoms with Crippen LogP contribution in [0.4, 0.5) is 5.69 Å². The minimum absolute atomic E-state index is 0.0443. The van der Waals surface area contributed by atoms with Gasteiger partial charge in [-0.2, -0.15) is 0 Å². The van der Waals surface area contributed by atoms with E-state index in [2.05, 4.69) is 4.98 Å². The predicted octanol–water partition coefficient (Wildman–Crippen LogP) is 3.00. The van der Waals surface area contributed by atoms with Gasteiger partial charge < -0.3 is 9.47 Å². The highest BCUT2D eigenvalue weighted by molar-refractivity contribution is 8.00. The Morgan fingerprint density at radius 1 is 1.30 bits per heavy atom. The molecule has 1 fully saturated rings. The molecule has 0 amide bonds. The molecule has 9 heteroatoms. The lowest BCUT2D eigenvalue weighted by molar-refractivity contribution is -0.384. The van der Waals surface area contributed by atoms with Gasteiger partial charge in [0.1, 0.15) is 6.61 Å². The van der Waals surface area contributed by atoms with Gasteiger partial charge in [-0.25, -0.2) is 4.79 Å². The number of benzene rings is 1. The van der Waals surface area contributed by atoms with Gasteiger partial charge in [0.2, 0.25) is 0 Å². The molecule has 0 aliphatic carbocycles. The molecule has 0 bridgehead atoms. The van der Waals surface area contributed by atoms with E-state index in [1.165, 1.54) is 36.0 Å². The van der Waals surface area contributed by atoms with Gasteiger partial charge in [-0.05, 0) is 29.8 Å². The van der Waals surface area contributed by atoms with E-state index in [0.717, 1.165) is 5.69 Å². The van der Waals surface area contributed by atoms with E-state index in [-0.39, 0.29) is 25.1 Å². The Labute approximate surface area is 159 Å². The molecule has 1 unspecified atom stereocenters. The molecular weight excluding hydrogens is 372 g/mol. The molecule has 1 aromatic carbocycles. The van der Waals surface area contributed by atoms with Crippen molar-refractivity contribution in [1.82, 2.24) is 4.98 Å². The molecule has 3 rings (SSSR count). The number of cyclic esters (lactones) is 1. The Morgan fingerprint density at radius 2 is 2.07 bits per heavy atom. The monoisotopic (exact) mass is 388 g/mol. The summed E-state index contributed by atoms with van der Waals surface area (Å²) in [4.78, 5) is 37.2. The molecule has 0 spiro atoms. The lowest BCUT2D eigenvalue weighted by Gasteiger charge is -2.24. The molecule has 1 aliphatic rings. The van der Waals surface area contributed by atoms with Gasteiger partial charge >= 0.3 is 11.9 Å². The number of nitrogens with zero attached hydrogens (tertiary/aromatic N) is 2. The average Bonchev–Trinajstić information content (AvgIpc) is 3.08. The van der Waals surface area contributed by atoms with Crippen molar-refractivity contribution in [2.75, 3.05) is 0 Å². The molecule has 1 aromatic heterocycles. The molecular formula is C18H16N2O6S. The van der Waals surface area contributed by atoms with Crippen molar-refractivity contribution in [2.45, 2.75) is 30.1 Å². The number of carbonyl (C=O) groups excluding carboxylic acids is 2. The number of nitro benzene ring substituents is 1. The molecule has 0 radical (unpaired) electrons. The van der Waals surface area contributed by atoms with E-state index in [4.69, 9.17) is 9.47 Å². The number of carbonyl (C=O) groups is 2. The largest absolute Gasteiger partial charge is 0.457 e. The third-order valence-corrected chi connectivity index (χ3v) is 5.30. The quantitative estimate of drug-likeness (QED) is 0.405. The van der Waals surface area contributed by atoms with Crippen LogP contribution in [0.5, 0.6) is 0 Å². The molecule has 8 nitrogen and oxygen atoms in total. The summed E-state index contributed by atoms with van der Waals surface area (Å²) in [5.74, 6) is -0.704. The molecule has 1 aliphatic heterocycles. The molecule has 2 aromatic rings. The van der Waals surface area contributed by atoms with Crippen LogP contribution >= 0.6 is 11.8 Å². The first-order chi connectivity index (χ1) is 13.0. The zero-order valence-electron chi connectivity index (χ0n) is 14.2. The standard InChI is InChI=1S/C18H16N2O6S/c21-16-8-9-18(26-16,27-12-14-3-1-2-10-19-14)17(22)25-11-13-4-6-15(7-5-13)20(23)24/h1-7,10H,8-9,11-12H2. The highest BCUT2D eigenvalue weighted by Gasteiger charge is 2.49. The van der Waals surface area contributed by atoms with Gasteiger partial charge in [0, 0.05) is 30.5 Å². The Bertz CT molecular complexity index is 843. The van der Waals surface area contributed by atoms with Crippen LogP contribution in [-0.4, -0.2) is 26.8 Å². The van der Waals surface area contributed by atoms with Crippen LogP contribution in [0.2, 0.25) is 0 Å². The van der Waals surface area contributed by atoms with Gasteiger partial charge in [-0.15, -0.1) is 0 Å². The summed E-state index contributed by atoms with van der Waals surface area (Å²) in [5.41, 5.74) is 1.31. The summed E-state index contributed by atoms with van der Waals surface area (Å²) in [6.07, 6.45) is 2.01. The molecule has 0 saturated carbocycles. The van der Waals surface area contributed by atoms with Gasteiger partial charge in [-0.3, -0.25) is 19.9 Å². The highest BCUT2D eigenvalue weighted by atomic mass is 32.2. The predicted molar refractivity (Wildman–Crippen MR) is 96.5 cm³/mol. The number of pyridine rings is 1. The third kappa shape index (κ3) is 4.62. The summed E-state index contributed by atoms with van der Waals surface area (Å²) in [6.45, 7) is -0.0692. The number of hydrogen-bond acceptors (Lipinski definition) is 8. The Morgan fingerprint density at radius 3 is 2.67 bits per heavy atom. The van der Waals surface area contributed by atoms with E-state index in [1.54, 1.807) is 12.3 Å². The van der Waals surface area contributed by atoms with Crippen molar-refractivity contribution < 1.29 is 24.0 Å². The molecule has 1 saturated heterocycles. The SMILES string of the molecule is O=C1CCC(SCc2ccccn2)(C(=O)OCc2ccc([N+](=O)[O-])cc2)O1. The number of hydrogen-bond donors (Lipinski definition) is 0. The first kappa shape index (κ1) is 18.8. The normalized spacial score (nSPS) is 18.7. The second kappa shape index (κ2) is 8.17. The zero-order valence-corrected chi connectivity index (χ0v) is 15.0. The van der Waals surface area contributed by atoms with Crippen LogP contribution < -0.4 is 0 Å². The molecule has 1 atom stereocenters. The van der Waals surface area contributed by atoms with Crippen LogP contribution in [0.1, 0.15) is 24.1 Å². The van der Waals surface area contributed by atoms with E-state index in [9.17, 15) is 19.7 Å². The Kier molecular flexibility index (Phi) is 5.70. The lowest BCUT2D eigenvalue weighted by Crippen LogP contribution is -2.36. The number of esters is 2. The molecule has 2 heterocycles. The van der Waals surface area contributed by atoms with Gasteiger partial charge in [-0.1, -0.05) is 17.8 Å². The summed E-state index contributed by atoms with van der Waals surface area (Å²) in [7, 11) is 0. The average molecular weight is 388 g/mol. The minimum atomic E-state index is -1.39. The van der Waals surface area contributed by atoms with E-state index in [0.29, 0.717) is 11.3 Å². The van der Waals surface area contributed by atoms with Gasteiger partial charge in [0.25, 0.3) is 10.6 Å². The van der Waals surface area contributed by atoms with Crippen molar-refractivity contribution in [3.8, 4) is 0 Å². The number of thioether (sulfide) groups is 1. The van der Waals surface area contributed by atoms with E-state index < -0.39 is 21.8 Å². The number of rotatable bonds is 7. The number of aromatic nitrogens is 1. The van der Waals surface area contributed by atoms with Crippen molar-refractivity contribution in [1.29, 1.82) is 0 Å². The van der Waals surface area contributed by atoms with Crippen LogP contribution in [0.15, 0.2) is 48.7 Å². The van der Waals surface area contributed by atoms with Crippen LogP contribution in [-0.2, 0) is 31.4 Å².